The number of para-hydroxylation sites is 1. The highest BCUT2D eigenvalue weighted by Gasteiger charge is 2.07. The first-order chi connectivity index (χ1) is 9.08. The van der Waals surface area contributed by atoms with Gasteiger partial charge in [0.05, 0.1) is 5.52 Å². The zero-order valence-corrected chi connectivity index (χ0v) is 9.65. The minimum absolute atomic E-state index is 0.423. The quantitative estimate of drug-likeness (QED) is 0.816. The van der Waals surface area contributed by atoms with E-state index in [-0.39, 0.29) is 0 Å². The molecule has 1 aromatic heterocycles. The number of aromatic nitrogens is 1. The van der Waals surface area contributed by atoms with Gasteiger partial charge in [-0.05, 0) is 12.1 Å². The average molecular weight is 259 g/mol. The van der Waals surface area contributed by atoms with Crippen molar-refractivity contribution in [1.29, 1.82) is 0 Å². The third-order valence-corrected chi connectivity index (χ3v) is 2.30. The second kappa shape index (κ2) is 5.18. The highest BCUT2D eigenvalue weighted by Crippen LogP contribution is 2.09. The SMILES string of the molecule is O=C(O)/C=C\C(=O)On1c(=O)ccc2ccccc21. The van der Waals surface area contributed by atoms with Crippen LogP contribution in [-0.2, 0) is 9.59 Å². The second-order valence-corrected chi connectivity index (χ2v) is 3.61. The molecule has 2 aromatic rings. The van der Waals surface area contributed by atoms with Gasteiger partial charge in [-0.15, -0.1) is 4.73 Å². The summed E-state index contributed by atoms with van der Waals surface area (Å²) in [5.41, 5.74) is -0.0946. The smallest absolute Gasteiger partial charge is 0.356 e. The topological polar surface area (TPSA) is 85.6 Å². The van der Waals surface area contributed by atoms with E-state index in [4.69, 9.17) is 9.94 Å². The zero-order chi connectivity index (χ0) is 13.8. The molecule has 1 heterocycles. The van der Waals surface area contributed by atoms with Crippen LogP contribution in [0, 0.1) is 0 Å². The number of pyridine rings is 1. The van der Waals surface area contributed by atoms with Crippen LogP contribution in [0.5, 0.6) is 0 Å². The molecule has 0 amide bonds. The number of nitrogens with zero attached hydrogens (tertiary/aromatic N) is 1. The van der Waals surface area contributed by atoms with Crippen LogP contribution >= 0.6 is 0 Å². The molecule has 0 atom stereocenters. The van der Waals surface area contributed by atoms with Crippen LogP contribution in [0.2, 0.25) is 0 Å². The van der Waals surface area contributed by atoms with Crippen molar-refractivity contribution in [3.05, 3.63) is 58.9 Å². The predicted octanol–water partition coefficient (Wildman–Crippen LogP) is 0.597. The third-order valence-electron chi connectivity index (χ3n) is 2.30. The van der Waals surface area contributed by atoms with Crippen LogP contribution < -0.4 is 10.4 Å². The van der Waals surface area contributed by atoms with Gasteiger partial charge in [0.2, 0.25) is 0 Å². The molecule has 0 saturated heterocycles. The molecule has 0 spiro atoms. The Morgan fingerprint density at radius 1 is 1.11 bits per heavy atom. The van der Waals surface area contributed by atoms with Gasteiger partial charge in [-0.25, -0.2) is 9.59 Å². The minimum Gasteiger partial charge on any atom is -0.478 e. The largest absolute Gasteiger partial charge is 0.478 e. The van der Waals surface area contributed by atoms with Crippen molar-refractivity contribution in [2.75, 3.05) is 0 Å². The maximum Gasteiger partial charge on any atom is 0.356 e. The van der Waals surface area contributed by atoms with Gasteiger partial charge >= 0.3 is 11.9 Å². The fraction of sp³-hybridized carbons (Fsp3) is 0. The lowest BCUT2D eigenvalue weighted by Crippen LogP contribution is -2.29. The Balaban J connectivity index is 2.40. The molecule has 0 aliphatic heterocycles. The van der Waals surface area contributed by atoms with Gasteiger partial charge in [0.15, 0.2) is 0 Å². The molecule has 96 valence electrons. The van der Waals surface area contributed by atoms with E-state index in [1.54, 1.807) is 30.3 Å². The number of carboxylic acids is 1. The molecule has 0 unspecified atom stereocenters. The number of fused-ring (bicyclic) bond motifs is 1. The van der Waals surface area contributed by atoms with Gasteiger partial charge in [-0.2, -0.15) is 0 Å². The zero-order valence-electron chi connectivity index (χ0n) is 9.65. The van der Waals surface area contributed by atoms with Gasteiger partial charge in [-0.1, -0.05) is 18.2 Å². The normalized spacial score (nSPS) is 10.7. The van der Waals surface area contributed by atoms with Gasteiger partial charge in [0.1, 0.15) is 0 Å². The maximum absolute atomic E-state index is 11.7. The lowest BCUT2D eigenvalue weighted by Gasteiger charge is -2.07. The number of carbonyl (C=O) groups excluding carboxylic acids is 1. The van der Waals surface area contributed by atoms with Crippen LogP contribution in [-0.4, -0.2) is 21.8 Å². The molecule has 1 N–H and O–H groups in total. The molecular formula is C13H9NO5. The lowest BCUT2D eigenvalue weighted by molar-refractivity contribution is -0.139. The summed E-state index contributed by atoms with van der Waals surface area (Å²) in [7, 11) is 0. The van der Waals surface area contributed by atoms with Crippen LogP contribution in [0.3, 0.4) is 0 Å². The lowest BCUT2D eigenvalue weighted by atomic mass is 10.2. The molecule has 19 heavy (non-hydrogen) atoms. The Morgan fingerprint density at radius 3 is 2.58 bits per heavy atom. The maximum atomic E-state index is 11.7. The number of carboxylic acid groups (broad SMARTS) is 1. The van der Waals surface area contributed by atoms with Crippen molar-refractivity contribution < 1.29 is 19.5 Å². The molecule has 6 nitrogen and oxygen atoms in total. The second-order valence-electron chi connectivity index (χ2n) is 3.61. The molecule has 0 aliphatic carbocycles. The van der Waals surface area contributed by atoms with Crippen LogP contribution in [0.1, 0.15) is 0 Å². The third kappa shape index (κ3) is 2.86. The molecule has 0 bridgehead atoms. The molecule has 1 aromatic carbocycles. The number of hydrogen-bond donors (Lipinski definition) is 1. The van der Waals surface area contributed by atoms with Gasteiger partial charge in [0, 0.05) is 23.6 Å². The Morgan fingerprint density at radius 2 is 1.84 bits per heavy atom. The first-order valence-corrected chi connectivity index (χ1v) is 5.32. The molecule has 2 rings (SSSR count). The van der Waals surface area contributed by atoms with E-state index in [1.165, 1.54) is 6.07 Å². The minimum atomic E-state index is -1.28. The number of carbonyl (C=O) groups is 2. The molecular weight excluding hydrogens is 250 g/mol. The standard InChI is InChI=1S/C13H9NO5/c15-11-6-5-9-3-1-2-4-10(9)14(11)19-13(18)8-7-12(16)17/h1-8H,(H,16,17)/b8-7-. The first-order valence-electron chi connectivity index (χ1n) is 5.32. The van der Waals surface area contributed by atoms with Crippen LogP contribution in [0.4, 0.5) is 0 Å². The number of hydrogen-bond acceptors (Lipinski definition) is 4. The van der Waals surface area contributed by atoms with E-state index in [9.17, 15) is 14.4 Å². The van der Waals surface area contributed by atoms with Gasteiger partial charge in [0.25, 0.3) is 5.56 Å². The van der Waals surface area contributed by atoms with Crippen LogP contribution in [0.15, 0.2) is 53.3 Å². The Kier molecular flexibility index (Phi) is 3.42. The highest BCUT2D eigenvalue weighted by molar-refractivity contribution is 5.91. The summed E-state index contributed by atoms with van der Waals surface area (Å²) in [5.74, 6) is -2.22. The highest BCUT2D eigenvalue weighted by atomic mass is 16.7. The Hall–Kier alpha value is -2.89. The summed E-state index contributed by atoms with van der Waals surface area (Å²) in [5, 5.41) is 9.11. The molecule has 0 saturated carbocycles. The van der Waals surface area contributed by atoms with Crippen molar-refractivity contribution in [1.82, 2.24) is 4.73 Å². The van der Waals surface area contributed by atoms with E-state index in [1.807, 2.05) is 0 Å². The van der Waals surface area contributed by atoms with E-state index in [0.717, 1.165) is 16.2 Å². The summed E-state index contributed by atoms with van der Waals surface area (Å²) >= 11 is 0. The van der Waals surface area contributed by atoms with Crippen molar-refractivity contribution >= 4 is 22.8 Å². The number of aliphatic carboxylic acids is 1. The fourth-order valence-electron chi connectivity index (χ4n) is 1.51. The Bertz CT molecular complexity index is 729. The van der Waals surface area contributed by atoms with Crippen molar-refractivity contribution in [2.24, 2.45) is 0 Å². The van der Waals surface area contributed by atoms with E-state index in [2.05, 4.69) is 0 Å². The Labute approximate surface area is 107 Å². The molecule has 6 heteroatoms. The summed E-state index contributed by atoms with van der Waals surface area (Å²) in [6.45, 7) is 0. The monoisotopic (exact) mass is 259 g/mol. The summed E-state index contributed by atoms with van der Waals surface area (Å²) in [6.07, 6.45) is 1.37. The number of benzene rings is 1. The molecule has 0 fully saturated rings. The average Bonchev–Trinajstić information content (AvgIpc) is 2.40. The number of rotatable bonds is 3. The van der Waals surface area contributed by atoms with E-state index >= 15 is 0 Å². The summed E-state index contributed by atoms with van der Waals surface area (Å²) in [4.78, 5) is 38.1. The van der Waals surface area contributed by atoms with Gasteiger partial charge in [-0.3, -0.25) is 4.79 Å². The summed E-state index contributed by atoms with van der Waals surface area (Å²) < 4.78 is 0.823. The predicted molar refractivity (Wildman–Crippen MR) is 66.6 cm³/mol. The fourth-order valence-corrected chi connectivity index (χ4v) is 1.51. The van der Waals surface area contributed by atoms with E-state index < -0.39 is 17.5 Å². The van der Waals surface area contributed by atoms with Gasteiger partial charge < -0.3 is 9.94 Å². The molecule has 0 radical (unpaired) electrons. The summed E-state index contributed by atoms with van der Waals surface area (Å²) in [6, 6.07) is 9.71. The van der Waals surface area contributed by atoms with Crippen molar-refractivity contribution in [2.45, 2.75) is 0 Å². The van der Waals surface area contributed by atoms with Crippen LogP contribution in [0.25, 0.3) is 10.9 Å². The molecule has 0 aliphatic rings. The van der Waals surface area contributed by atoms with Crippen molar-refractivity contribution in [3.8, 4) is 0 Å². The van der Waals surface area contributed by atoms with E-state index in [0.29, 0.717) is 11.6 Å². The van der Waals surface area contributed by atoms with Crippen molar-refractivity contribution in [3.63, 3.8) is 0 Å². The first kappa shape index (κ1) is 12.6.